The monoisotopic (exact) mass is 251 g/mol. The first-order valence-electron chi connectivity index (χ1n) is 5.30. The lowest BCUT2D eigenvalue weighted by atomic mass is 10.1. The summed E-state index contributed by atoms with van der Waals surface area (Å²) >= 11 is 0. The van der Waals surface area contributed by atoms with Crippen LogP contribution in [0.4, 0.5) is 0 Å². The van der Waals surface area contributed by atoms with E-state index in [1.165, 1.54) is 0 Å². The first-order valence-corrected chi connectivity index (χ1v) is 5.30. The molecule has 5 heteroatoms. The van der Waals surface area contributed by atoms with Crippen molar-refractivity contribution in [2.75, 3.05) is 6.54 Å². The second-order valence-electron chi connectivity index (χ2n) is 3.82. The van der Waals surface area contributed by atoms with Gasteiger partial charge in [0.05, 0.1) is 17.7 Å². The van der Waals surface area contributed by atoms with E-state index in [2.05, 4.69) is 16.7 Å². The molecule has 1 aromatic rings. The molecule has 1 amide bonds. The summed E-state index contributed by atoms with van der Waals surface area (Å²) in [6, 6.07) is 9.26. The fraction of sp³-hybridized carbons (Fsp3) is 0.333. The van der Waals surface area contributed by atoms with Crippen LogP contribution >= 0.6 is 12.4 Å². The summed E-state index contributed by atoms with van der Waals surface area (Å²) in [5.41, 5.74) is 1.64. The molecule has 1 fully saturated rings. The molecule has 4 nitrogen and oxygen atoms in total. The van der Waals surface area contributed by atoms with Crippen LogP contribution in [-0.4, -0.2) is 18.5 Å². The number of benzene rings is 1. The summed E-state index contributed by atoms with van der Waals surface area (Å²) < 4.78 is 0. The topological polar surface area (TPSA) is 64.9 Å². The number of nitrogens with one attached hydrogen (secondary N) is 2. The zero-order chi connectivity index (χ0) is 11.4. The van der Waals surface area contributed by atoms with Crippen molar-refractivity contribution in [3.8, 4) is 6.07 Å². The molecule has 0 radical (unpaired) electrons. The second kappa shape index (κ2) is 6.24. The highest BCUT2D eigenvalue weighted by molar-refractivity contribution is 5.85. The molecule has 90 valence electrons. The Labute approximate surface area is 106 Å². The predicted molar refractivity (Wildman–Crippen MR) is 66.7 cm³/mol. The summed E-state index contributed by atoms with van der Waals surface area (Å²) in [6.45, 7) is 1.44. The summed E-state index contributed by atoms with van der Waals surface area (Å²) in [6.07, 6.45) is 0.916. The Morgan fingerprint density at radius 2 is 2.12 bits per heavy atom. The number of nitriles is 1. The SMILES string of the molecule is Cl.N#Cc1ccc(CNC(=O)[C@@H]2CCN2)cc1. The van der Waals surface area contributed by atoms with Gasteiger partial charge in [-0.1, -0.05) is 12.1 Å². The van der Waals surface area contributed by atoms with Crippen LogP contribution in [0.1, 0.15) is 17.5 Å². The molecule has 1 heterocycles. The van der Waals surface area contributed by atoms with Crippen molar-refractivity contribution in [2.45, 2.75) is 19.0 Å². The number of amides is 1. The first kappa shape index (κ1) is 13.5. The number of hydrogen-bond donors (Lipinski definition) is 2. The fourth-order valence-electron chi connectivity index (χ4n) is 1.52. The average molecular weight is 252 g/mol. The van der Waals surface area contributed by atoms with E-state index in [1.807, 2.05) is 12.1 Å². The van der Waals surface area contributed by atoms with Gasteiger partial charge in [0, 0.05) is 6.54 Å². The highest BCUT2D eigenvalue weighted by atomic mass is 35.5. The van der Waals surface area contributed by atoms with Gasteiger partial charge in [0.25, 0.3) is 0 Å². The third kappa shape index (κ3) is 3.45. The Morgan fingerprint density at radius 1 is 1.47 bits per heavy atom. The Hall–Kier alpha value is -1.57. The lowest BCUT2D eigenvalue weighted by Crippen LogP contribution is -2.52. The third-order valence-electron chi connectivity index (χ3n) is 2.69. The molecule has 1 aromatic carbocycles. The molecule has 0 saturated carbocycles. The van der Waals surface area contributed by atoms with E-state index in [0.29, 0.717) is 12.1 Å². The van der Waals surface area contributed by atoms with E-state index in [9.17, 15) is 4.79 Å². The van der Waals surface area contributed by atoms with Gasteiger partial charge in [-0.2, -0.15) is 5.26 Å². The van der Waals surface area contributed by atoms with Gasteiger partial charge in [-0.15, -0.1) is 12.4 Å². The van der Waals surface area contributed by atoms with Crippen LogP contribution < -0.4 is 10.6 Å². The van der Waals surface area contributed by atoms with Crippen LogP contribution in [0.2, 0.25) is 0 Å². The van der Waals surface area contributed by atoms with Crippen molar-refractivity contribution in [1.82, 2.24) is 10.6 Å². The Kier molecular flexibility index (Phi) is 4.95. The molecule has 17 heavy (non-hydrogen) atoms. The summed E-state index contributed by atoms with van der Waals surface area (Å²) in [5.74, 6) is 0.0515. The largest absolute Gasteiger partial charge is 0.351 e. The highest BCUT2D eigenvalue weighted by Gasteiger charge is 2.23. The van der Waals surface area contributed by atoms with E-state index in [4.69, 9.17) is 5.26 Å². The van der Waals surface area contributed by atoms with Crippen molar-refractivity contribution in [1.29, 1.82) is 5.26 Å². The summed E-state index contributed by atoms with van der Waals surface area (Å²) in [7, 11) is 0. The van der Waals surface area contributed by atoms with E-state index in [-0.39, 0.29) is 24.4 Å². The quantitative estimate of drug-likeness (QED) is 0.841. The van der Waals surface area contributed by atoms with Gasteiger partial charge in [-0.3, -0.25) is 4.79 Å². The number of carbonyl (C=O) groups excluding carboxylic acids is 1. The molecule has 0 spiro atoms. The molecule has 2 N–H and O–H groups in total. The Balaban J connectivity index is 0.00000144. The van der Waals surface area contributed by atoms with Crippen molar-refractivity contribution >= 4 is 18.3 Å². The number of carbonyl (C=O) groups is 1. The Morgan fingerprint density at radius 3 is 2.59 bits per heavy atom. The fourth-order valence-corrected chi connectivity index (χ4v) is 1.52. The van der Waals surface area contributed by atoms with Crippen LogP contribution in [0.25, 0.3) is 0 Å². The average Bonchev–Trinajstić information content (AvgIpc) is 2.25. The van der Waals surface area contributed by atoms with E-state index in [1.54, 1.807) is 12.1 Å². The zero-order valence-electron chi connectivity index (χ0n) is 9.27. The second-order valence-corrected chi connectivity index (χ2v) is 3.82. The molecule has 0 unspecified atom stereocenters. The standard InChI is InChI=1S/C12H13N3O.ClH/c13-7-9-1-3-10(4-2-9)8-15-12(16)11-5-6-14-11;/h1-4,11,14H,5-6,8H2,(H,15,16);1H/t11-;/m0./s1. The number of hydrogen-bond acceptors (Lipinski definition) is 3. The van der Waals surface area contributed by atoms with E-state index >= 15 is 0 Å². The minimum Gasteiger partial charge on any atom is -0.351 e. The smallest absolute Gasteiger partial charge is 0.237 e. The molecule has 1 aliphatic rings. The van der Waals surface area contributed by atoms with Gasteiger partial charge >= 0.3 is 0 Å². The lowest BCUT2D eigenvalue weighted by Gasteiger charge is -2.26. The van der Waals surface area contributed by atoms with E-state index < -0.39 is 0 Å². The predicted octanol–water partition coefficient (Wildman–Crippen LogP) is 0.958. The zero-order valence-corrected chi connectivity index (χ0v) is 10.1. The van der Waals surface area contributed by atoms with Crippen LogP contribution in [-0.2, 0) is 11.3 Å². The maximum absolute atomic E-state index is 11.5. The van der Waals surface area contributed by atoms with Crippen molar-refractivity contribution in [3.05, 3.63) is 35.4 Å². The lowest BCUT2D eigenvalue weighted by molar-refractivity contribution is -0.124. The maximum atomic E-state index is 11.5. The van der Waals surface area contributed by atoms with Crippen LogP contribution in [0.3, 0.4) is 0 Å². The molecule has 0 aliphatic carbocycles. The minimum atomic E-state index is -0.0154. The molecular weight excluding hydrogens is 238 g/mol. The van der Waals surface area contributed by atoms with Gasteiger partial charge in [0.15, 0.2) is 0 Å². The molecule has 1 saturated heterocycles. The molecule has 1 atom stereocenters. The van der Waals surface area contributed by atoms with Gasteiger partial charge in [0.2, 0.25) is 5.91 Å². The number of rotatable bonds is 3. The number of nitrogens with zero attached hydrogens (tertiary/aromatic N) is 1. The van der Waals surface area contributed by atoms with Crippen molar-refractivity contribution in [3.63, 3.8) is 0 Å². The molecule has 0 bridgehead atoms. The van der Waals surface area contributed by atoms with Crippen LogP contribution in [0.5, 0.6) is 0 Å². The van der Waals surface area contributed by atoms with Gasteiger partial charge in [0.1, 0.15) is 0 Å². The first-order chi connectivity index (χ1) is 7.79. The third-order valence-corrected chi connectivity index (χ3v) is 2.69. The highest BCUT2D eigenvalue weighted by Crippen LogP contribution is 2.05. The van der Waals surface area contributed by atoms with Crippen molar-refractivity contribution in [2.24, 2.45) is 0 Å². The van der Waals surface area contributed by atoms with Crippen LogP contribution in [0, 0.1) is 11.3 Å². The molecule has 2 rings (SSSR count). The Bertz CT molecular complexity index is 420. The van der Waals surface area contributed by atoms with Crippen molar-refractivity contribution < 1.29 is 4.79 Å². The molecular formula is C12H14ClN3O. The van der Waals surface area contributed by atoms with Gasteiger partial charge in [-0.25, -0.2) is 0 Å². The van der Waals surface area contributed by atoms with E-state index in [0.717, 1.165) is 18.5 Å². The summed E-state index contributed by atoms with van der Waals surface area (Å²) in [5, 5.41) is 14.5. The minimum absolute atomic E-state index is 0. The van der Waals surface area contributed by atoms with Crippen LogP contribution in [0.15, 0.2) is 24.3 Å². The molecule has 1 aliphatic heterocycles. The maximum Gasteiger partial charge on any atom is 0.237 e. The van der Waals surface area contributed by atoms with Gasteiger partial charge in [-0.05, 0) is 30.7 Å². The normalized spacial score (nSPS) is 17.2. The van der Waals surface area contributed by atoms with Gasteiger partial charge < -0.3 is 10.6 Å². The summed E-state index contributed by atoms with van der Waals surface area (Å²) in [4.78, 5) is 11.5. The molecule has 0 aromatic heterocycles. The number of halogens is 1.